The summed E-state index contributed by atoms with van der Waals surface area (Å²) in [6, 6.07) is 7.32. The molecule has 0 spiro atoms. The predicted octanol–water partition coefficient (Wildman–Crippen LogP) is 2.62. The lowest BCUT2D eigenvalue weighted by atomic mass is 9.94. The third-order valence-electron chi connectivity index (χ3n) is 4.64. The van der Waals surface area contributed by atoms with Gasteiger partial charge in [-0.1, -0.05) is 13.0 Å². The van der Waals surface area contributed by atoms with E-state index in [0.717, 1.165) is 0 Å². The van der Waals surface area contributed by atoms with Gasteiger partial charge in [-0.05, 0) is 37.1 Å². The summed E-state index contributed by atoms with van der Waals surface area (Å²) in [7, 11) is 0. The quantitative estimate of drug-likeness (QED) is 0.891. The third kappa shape index (κ3) is 1.68. The van der Waals surface area contributed by atoms with Crippen molar-refractivity contribution >= 4 is 16.6 Å². The Morgan fingerprint density at radius 3 is 3.16 bits per heavy atom. The van der Waals surface area contributed by atoms with Crippen LogP contribution in [0.1, 0.15) is 18.9 Å². The van der Waals surface area contributed by atoms with Crippen molar-refractivity contribution in [2.24, 2.45) is 0 Å². The van der Waals surface area contributed by atoms with E-state index in [1.54, 1.807) is 0 Å². The van der Waals surface area contributed by atoms with Crippen LogP contribution in [-0.4, -0.2) is 42.1 Å². The monoisotopic (exact) mass is 255 g/mol. The Kier molecular flexibility index (Phi) is 2.55. The minimum absolute atomic E-state index is 0.661. The number of nitrogens with zero attached hydrogens (tertiary/aromatic N) is 2. The fourth-order valence-corrected chi connectivity index (χ4v) is 3.82. The highest BCUT2D eigenvalue weighted by Crippen LogP contribution is 2.37. The maximum absolute atomic E-state index is 3.43. The predicted molar refractivity (Wildman–Crippen MR) is 79.9 cm³/mol. The van der Waals surface area contributed by atoms with E-state index in [2.05, 4.69) is 46.1 Å². The molecule has 0 saturated carbocycles. The number of benzene rings is 1. The number of piperazine rings is 1. The van der Waals surface area contributed by atoms with Crippen LogP contribution in [0.3, 0.4) is 0 Å². The van der Waals surface area contributed by atoms with Gasteiger partial charge in [0.25, 0.3) is 0 Å². The molecule has 0 radical (unpaired) electrons. The van der Waals surface area contributed by atoms with Crippen molar-refractivity contribution in [3.8, 4) is 0 Å². The van der Waals surface area contributed by atoms with Crippen molar-refractivity contribution in [2.75, 3.05) is 31.1 Å². The first-order valence-corrected chi connectivity index (χ1v) is 7.45. The number of fused-ring (bicyclic) bond motifs is 2. The number of aromatic amines is 1. The molecule has 0 aliphatic carbocycles. The summed E-state index contributed by atoms with van der Waals surface area (Å²) in [4.78, 5) is 8.68. The van der Waals surface area contributed by atoms with Crippen LogP contribution in [0.25, 0.3) is 10.9 Å². The summed E-state index contributed by atoms with van der Waals surface area (Å²) in [5.74, 6) is 0. The van der Waals surface area contributed by atoms with Gasteiger partial charge in [0.05, 0.1) is 0 Å². The van der Waals surface area contributed by atoms with Gasteiger partial charge in [-0.25, -0.2) is 0 Å². The Labute approximate surface area is 114 Å². The third-order valence-corrected chi connectivity index (χ3v) is 4.64. The smallest absolute Gasteiger partial charge is 0.0477 e. The van der Waals surface area contributed by atoms with Gasteiger partial charge in [0, 0.05) is 48.5 Å². The van der Waals surface area contributed by atoms with E-state index < -0.39 is 0 Å². The fourth-order valence-electron chi connectivity index (χ4n) is 3.82. The molecule has 2 aliphatic heterocycles. The topological polar surface area (TPSA) is 22.3 Å². The first-order chi connectivity index (χ1) is 9.36. The molecule has 0 bridgehead atoms. The highest BCUT2D eigenvalue weighted by atomic mass is 15.3. The van der Waals surface area contributed by atoms with E-state index in [-0.39, 0.29) is 0 Å². The Balaban J connectivity index is 1.72. The normalized spacial score (nSPS) is 22.8. The van der Waals surface area contributed by atoms with E-state index in [1.165, 1.54) is 61.2 Å². The summed E-state index contributed by atoms with van der Waals surface area (Å²) >= 11 is 0. The van der Waals surface area contributed by atoms with Crippen LogP contribution in [-0.2, 0) is 6.42 Å². The van der Waals surface area contributed by atoms with Gasteiger partial charge in [-0.2, -0.15) is 0 Å². The van der Waals surface area contributed by atoms with E-state index in [0.29, 0.717) is 6.04 Å². The molecule has 1 aromatic heterocycles. The molecule has 3 heteroatoms. The van der Waals surface area contributed by atoms with Gasteiger partial charge in [-0.3, -0.25) is 4.90 Å². The standard InChI is InChI=1S/C16H21N3/c1-2-6-18-7-8-19-13(11-18)9-12-10-17-14-4-3-5-15(19)16(12)14/h3-5,10,13,17H,2,6-9,11H2,1H3/t13-/m1/s1. The summed E-state index contributed by atoms with van der Waals surface area (Å²) in [6.45, 7) is 7.12. The van der Waals surface area contributed by atoms with Gasteiger partial charge in [-0.15, -0.1) is 0 Å². The minimum atomic E-state index is 0.661. The van der Waals surface area contributed by atoms with Crippen LogP contribution in [0, 0.1) is 0 Å². The number of anilines is 1. The molecule has 3 nitrogen and oxygen atoms in total. The first kappa shape index (κ1) is 11.4. The van der Waals surface area contributed by atoms with Crippen molar-refractivity contribution < 1.29 is 0 Å². The van der Waals surface area contributed by atoms with Gasteiger partial charge in [0.1, 0.15) is 0 Å². The highest BCUT2D eigenvalue weighted by Gasteiger charge is 2.32. The second kappa shape index (κ2) is 4.27. The average molecular weight is 255 g/mol. The number of nitrogens with one attached hydrogen (secondary N) is 1. The minimum Gasteiger partial charge on any atom is -0.365 e. The fraction of sp³-hybridized carbons (Fsp3) is 0.500. The lowest BCUT2D eigenvalue weighted by molar-refractivity contribution is 0.221. The summed E-state index contributed by atoms with van der Waals surface area (Å²) in [5, 5.41) is 1.46. The average Bonchev–Trinajstić information content (AvgIpc) is 2.84. The van der Waals surface area contributed by atoms with Crippen molar-refractivity contribution in [1.29, 1.82) is 0 Å². The lowest BCUT2D eigenvalue weighted by Crippen LogP contribution is -2.55. The molecule has 3 heterocycles. The van der Waals surface area contributed by atoms with E-state index in [1.807, 2.05) is 0 Å². The van der Waals surface area contributed by atoms with Gasteiger partial charge in [0.15, 0.2) is 0 Å². The first-order valence-electron chi connectivity index (χ1n) is 7.45. The molecular weight excluding hydrogens is 234 g/mol. The maximum Gasteiger partial charge on any atom is 0.0477 e. The molecule has 0 amide bonds. The number of hydrogen-bond acceptors (Lipinski definition) is 2. The number of aromatic nitrogens is 1. The summed E-state index contributed by atoms with van der Waals surface area (Å²) in [5.41, 5.74) is 4.24. The van der Waals surface area contributed by atoms with Crippen LogP contribution in [0.2, 0.25) is 0 Å². The zero-order valence-corrected chi connectivity index (χ0v) is 11.5. The molecule has 19 heavy (non-hydrogen) atoms. The molecule has 1 N–H and O–H groups in total. The van der Waals surface area contributed by atoms with Crippen molar-refractivity contribution in [3.05, 3.63) is 30.0 Å². The molecule has 4 rings (SSSR count). The highest BCUT2D eigenvalue weighted by molar-refractivity contribution is 5.96. The van der Waals surface area contributed by atoms with Gasteiger partial charge in [0.2, 0.25) is 0 Å². The van der Waals surface area contributed by atoms with E-state index in [4.69, 9.17) is 0 Å². The molecule has 1 fully saturated rings. The second-order valence-electron chi connectivity index (χ2n) is 5.87. The van der Waals surface area contributed by atoms with Crippen LogP contribution in [0.4, 0.5) is 5.69 Å². The Morgan fingerprint density at radius 2 is 2.26 bits per heavy atom. The van der Waals surface area contributed by atoms with Crippen LogP contribution >= 0.6 is 0 Å². The maximum atomic E-state index is 3.43. The van der Waals surface area contributed by atoms with Gasteiger partial charge >= 0.3 is 0 Å². The zero-order chi connectivity index (χ0) is 12.8. The number of H-pyrrole nitrogens is 1. The Morgan fingerprint density at radius 1 is 1.32 bits per heavy atom. The zero-order valence-electron chi connectivity index (χ0n) is 11.5. The molecular formula is C16H21N3. The molecule has 0 unspecified atom stereocenters. The largest absolute Gasteiger partial charge is 0.365 e. The van der Waals surface area contributed by atoms with Crippen molar-refractivity contribution in [1.82, 2.24) is 9.88 Å². The van der Waals surface area contributed by atoms with Crippen molar-refractivity contribution in [3.63, 3.8) is 0 Å². The summed E-state index contributed by atoms with van der Waals surface area (Å²) in [6.07, 6.45) is 4.67. The molecule has 1 aromatic carbocycles. The molecule has 1 saturated heterocycles. The van der Waals surface area contributed by atoms with Crippen LogP contribution < -0.4 is 4.90 Å². The molecule has 2 aromatic rings. The SMILES string of the molecule is CCCN1CCN2c3cccc4[nH]cc(c34)C[C@@H]2C1. The van der Waals surface area contributed by atoms with Crippen LogP contribution in [0.5, 0.6) is 0 Å². The number of hydrogen-bond donors (Lipinski definition) is 1. The molecule has 100 valence electrons. The van der Waals surface area contributed by atoms with Crippen molar-refractivity contribution in [2.45, 2.75) is 25.8 Å². The second-order valence-corrected chi connectivity index (χ2v) is 5.87. The Hall–Kier alpha value is -1.48. The van der Waals surface area contributed by atoms with Crippen LogP contribution in [0.15, 0.2) is 24.4 Å². The van der Waals surface area contributed by atoms with E-state index in [9.17, 15) is 0 Å². The Bertz CT molecular complexity index is 601. The van der Waals surface area contributed by atoms with E-state index >= 15 is 0 Å². The molecule has 1 atom stereocenters. The molecule has 2 aliphatic rings. The lowest BCUT2D eigenvalue weighted by Gasteiger charge is -2.45. The number of rotatable bonds is 2. The summed E-state index contributed by atoms with van der Waals surface area (Å²) < 4.78 is 0. The van der Waals surface area contributed by atoms with Gasteiger partial charge < -0.3 is 9.88 Å².